The van der Waals surface area contributed by atoms with Crippen LogP contribution in [0.15, 0.2) is 48.5 Å². The summed E-state index contributed by atoms with van der Waals surface area (Å²) in [6, 6.07) is 14.3. The molecule has 10 nitrogen and oxygen atoms in total. The first kappa shape index (κ1) is 35.7. The van der Waals surface area contributed by atoms with Gasteiger partial charge in [-0.3, -0.25) is 19.2 Å². The third-order valence-electron chi connectivity index (χ3n) is 9.30. The van der Waals surface area contributed by atoms with Gasteiger partial charge < -0.3 is 31.3 Å². The molecule has 0 bridgehead atoms. The van der Waals surface area contributed by atoms with Gasteiger partial charge in [0.05, 0.1) is 21.1 Å². The van der Waals surface area contributed by atoms with Crippen LogP contribution in [0.3, 0.4) is 0 Å². The predicted molar refractivity (Wildman–Crippen MR) is 186 cm³/mol. The molecule has 3 atom stereocenters. The number of carbonyl (C=O) groups is 4. The molecular formula is C36H42IN3O7. The summed E-state index contributed by atoms with van der Waals surface area (Å²) in [5.74, 6) is 0.625. The topological polar surface area (TPSA) is 165 Å². The summed E-state index contributed by atoms with van der Waals surface area (Å²) in [6.07, 6.45) is 2.71. The van der Waals surface area contributed by atoms with E-state index in [0.717, 1.165) is 38.7 Å². The number of aromatic hydroxyl groups is 3. The maximum absolute atomic E-state index is 11.8. The lowest BCUT2D eigenvalue weighted by Crippen LogP contribution is -2.40. The Morgan fingerprint density at radius 3 is 1.51 bits per heavy atom. The van der Waals surface area contributed by atoms with Gasteiger partial charge in [-0.15, -0.1) is 0 Å². The number of carbonyl (C=O) groups excluding carboxylic acids is 4. The molecule has 3 amide bonds. The monoisotopic (exact) mass is 755 g/mol. The van der Waals surface area contributed by atoms with Crippen molar-refractivity contribution in [3.05, 3.63) is 85.5 Å². The highest BCUT2D eigenvalue weighted by molar-refractivity contribution is 14.1. The molecule has 3 unspecified atom stereocenters. The molecule has 3 heterocycles. The molecule has 0 spiro atoms. The third kappa shape index (κ3) is 7.72. The maximum Gasteiger partial charge on any atom is 0.228 e. The predicted octanol–water partition coefficient (Wildman–Crippen LogP) is 5.26. The van der Waals surface area contributed by atoms with Crippen LogP contribution in [0.1, 0.15) is 86.3 Å². The number of halogens is 1. The highest BCUT2D eigenvalue weighted by atomic mass is 127. The molecule has 3 fully saturated rings. The molecule has 0 aliphatic carbocycles. The number of Topliss-reactive ketones (excluding diaryl/α,β-unsaturated/α-hetero) is 1. The van der Waals surface area contributed by atoms with E-state index >= 15 is 0 Å². The molecule has 3 aliphatic rings. The first-order chi connectivity index (χ1) is 21.9. The second kappa shape index (κ2) is 13.5. The van der Waals surface area contributed by atoms with Crippen molar-refractivity contribution in [2.45, 2.75) is 90.3 Å². The van der Waals surface area contributed by atoms with Crippen molar-refractivity contribution in [2.75, 3.05) is 0 Å². The number of hydrogen-bond acceptors (Lipinski definition) is 7. The Morgan fingerprint density at radius 2 is 1.09 bits per heavy atom. The average Bonchev–Trinajstić information content (AvgIpc) is 3.64. The van der Waals surface area contributed by atoms with Crippen LogP contribution >= 0.6 is 22.6 Å². The maximum atomic E-state index is 11.8. The van der Waals surface area contributed by atoms with Gasteiger partial charge in [0.1, 0.15) is 22.8 Å². The Morgan fingerprint density at radius 1 is 0.617 bits per heavy atom. The van der Waals surface area contributed by atoms with Crippen molar-refractivity contribution in [3.63, 3.8) is 0 Å². The van der Waals surface area contributed by atoms with Crippen molar-refractivity contribution in [1.29, 1.82) is 0 Å². The van der Waals surface area contributed by atoms with Gasteiger partial charge in [0.15, 0.2) is 5.78 Å². The van der Waals surface area contributed by atoms with Gasteiger partial charge in [0.2, 0.25) is 17.7 Å². The SMILES string of the molecule is Cc1cc(C2(C)CCC(=O)N2)cc(I)c1O.Cc1cc(C2(C)CCC(=O)N2)ccc1O.Cc1cc(C2(C)NC(=O)CC2=O)ccc1O. The lowest BCUT2D eigenvalue weighted by molar-refractivity contribution is -0.123. The van der Waals surface area contributed by atoms with E-state index in [2.05, 4.69) is 38.5 Å². The van der Waals surface area contributed by atoms with E-state index in [9.17, 15) is 34.5 Å². The summed E-state index contributed by atoms with van der Waals surface area (Å²) >= 11 is 2.11. The number of aryl methyl sites for hydroxylation is 3. The number of ketones is 1. The summed E-state index contributed by atoms with van der Waals surface area (Å²) in [5.41, 5.74) is 3.72. The second-order valence-corrected chi connectivity index (χ2v) is 14.3. The van der Waals surface area contributed by atoms with E-state index in [-0.39, 0.29) is 46.8 Å². The molecule has 11 heteroatoms. The lowest BCUT2D eigenvalue weighted by atomic mass is 9.88. The third-order valence-corrected chi connectivity index (χ3v) is 10.1. The van der Waals surface area contributed by atoms with E-state index < -0.39 is 5.54 Å². The van der Waals surface area contributed by atoms with Gasteiger partial charge >= 0.3 is 0 Å². The van der Waals surface area contributed by atoms with Crippen molar-refractivity contribution in [2.24, 2.45) is 0 Å². The van der Waals surface area contributed by atoms with Gasteiger partial charge in [0.25, 0.3) is 0 Å². The van der Waals surface area contributed by atoms with Crippen LogP contribution < -0.4 is 16.0 Å². The Bertz CT molecular complexity index is 1740. The summed E-state index contributed by atoms with van der Waals surface area (Å²) in [5, 5.41) is 37.2. The molecule has 47 heavy (non-hydrogen) atoms. The number of benzene rings is 3. The second-order valence-electron chi connectivity index (χ2n) is 13.2. The van der Waals surface area contributed by atoms with Crippen LogP contribution in [0.25, 0.3) is 0 Å². The van der Waals surface area contributed by atoms with Crippen molar-refractivity contribution in [3.8, 4) is 17.2 Å². The zero-order valence-electron chi connectivity index (χ0n) is 27.5. The van der Waals surface area contributed by atoms with Crippen LogP contribution in [-0.4, -0.2) is 38.8 Å². The summed E-state index contributed by atoms with van der Waals surface area (Å²) < 4.78 is 0.829. The highest BCUT2D eigenvalue weighted by Crippen LogP contribution is 2.36. The van der Waals surface area contributed by atoms with Gasteiger partial charge in [-0.2, -0.15) is 0 Å². The Hall–Kier alpha value is -4.13. The van der Waals surface area contributed by atoms with Crippen molar-refractivity contribution < 1.29 is 34.5 Å². The van der Waals surface area contributed by atoms with E-state index in [4.69, 9.17) is 0 Å². The highest BCUT2D eigenvalue weighted by Gasteiger charge is 2.43. The first-order valence-corrected chi connectivity index (χ1v) is 16.5. The normalized spacial score (nSPS) is 24.8. The summed E-state index contributed by atoms with van der Waals surface area (Å²) in [7, 11) is 0. The Labute approximate surface area is 288 Å². The molecule has 3 aromatic carbocycles. The van der Waals surface area contributed by atoms with E-state index in [1.807, 2.05) is 52.0 Å². The quantitative estimate of drug-likeness (QED) is 0.157. The largest absolute Gasteiger partial charge is 0.508 e. The lowest BCUT2D eigenvalue weighted by Gasteiger charge is -2.25. The summed E-state index contributed by atoms with van der Waals surface area (Å²) in [4.78, 5) is 45.5. The zero-order valence-corrected chi connectivity index (χ0v) is 29.7. The van der Waals surface area contributed by atoms with Crippen LogP contribution in [0.2, 0.25) is 0 Å². The van der Waals surface area contributed by atoms with Gasteiger partial charge in [0, 0.05) is 12.8 Å². The van der Waals surface area contributed by atoms with E-state index in [1.54, 1.807) is 32.0 Å². The zero-order chi connectivity index (χ0) is 34.9. The number of phenols is 3. The molecule has 3 aliphatic heterocycles. The minimum absolute atomic E-state index is 0.0730. The van der Waals surface area contributed by atoms with Crippen LogP contribution in [0.4, 0.5) is 0 Å². The smallest absolute Gasteiger partial charge is 0.228 e. The van der Waals surface area contributed by atoms with Crippen LogP contribution in [-0.2, 0) is 35.8 Å². The Balaban J connectivity index is 0.000000160. The molecule has 0 saturated carbocycles. The fourth-order valence-electron chi connectivity index (χ4n) is 5.99. The minimum Gasteiger partial charge on any atom is -0.508 e. The molecular weight excluding hydrogens is 713 g/mol. The number of amides is 3. The number of hydrogen-bond donors (Lipinski definition) is 6. The van der Waals surface area contributed by atoms with Crippen molar-refractivity contribution in [1.82, 2.24) is 16.0 Å². The van der Waals surface area contributed by atoms with E-state index in [0.29, 0.717) is 35.5 Å². The molecule has 0 radical (unpaired) electrons. The number of rotatable bonds is 3. The molecule has 6 N–H and O–H groups in total. The van der Waals surface area contributed by atoms with Gasteiger partial charge in [-0.1, -0.05) is 18.2 Å². The van der Waals surface area contributed by atoms with Gasteiger partial charge in [-0.05, 0) is 141 Å². The standard InChI is InChI=1S/C12H14INO2.C12H13NO3.C12H15NO2/c1-7-5-8(6-9(13)11(7)16)12(2)4-3-10(15)14-12;1-7-5-8(3-4-9(7)14)12(2)10(15)6-11(16)13-12;1-8-7-9(3-4-10(8)14)12(2)6-5-11(15)13-12/h5-6,16H,3-4H2,1-2H3,(H,14,15);3-5,14H,6H2,1-2H3,(H,13,16);3-4,7,14H,5-6H2,1-2H3,(H,13,15). The Kier molecular flexibility index (Phi) is 10.3. The fraction of sp³-hybridized carbons (Fsp3) is 0.389. The fourth-order valence-corrected chi connectivity index (χ4v) is 6.76. The molecule has 0 aromatic heterocycles. The van der Waals surface area contributed by atoms with Crippen molar-refractivity contribution >= 4 is 46.1 Å². The number of phenolic OH excluding ortho intramolecular Hbond substituents is 3. The van der Waals surface area contributed by atoms with E-state index in [1.165, 1.54) is 6.07 Å². The molecule has 3 aromatic rings. The molecule has 3 saturated heterocycles. The number of nitrogens with one attached hydrogen (secondary N) is 3. The van der Waals surface area contributed by atoms with Crippen LogP contribution in [0.5, 0.6) is 17.2 Å². The minimum atomic E-state index is -0.949. The average molecular weight is 756 g/mol. The first-order valence-electron chi connectivity index (χ1n) is 15.4. The van der Waals surface area contributed by atoms with Crippen LogP contribution in [0, 0.1) is 24.3 Å². The molecule has 250 valence electrons. The van der Waals surface area contributed by atoms with Gasteiger partial charge in [-0.25, -0.2) is 0 Å². The summed E-state index contributed by atoms with van der Waals surface area (Å²) in [6.45, 7) is 11.2. The molecule has 6 rings (SSSR count).